The lowest BCUT2D eigenvalue weighted by Gasteiger charge is -2.07. The molecule has 0 spiro atoms. The fourth-order valence-electron chi connectivity index (χ4n) is 1.66. The van der Waals surface area contributed by atoms with E-state index in [1.807, 2.05) is 13.0 Å². The van der Waals surface area contributed by atoms with Crippen molar-refractivity contribution in [1.82, 2.24) is 4.98 Å². The largest absolute Gasteiger partial charge is 0.492 e. The van der Waals surface area contributed by atoms with Crippen molar-refractivity contribution in [2.45, 2.75) is 17.7 Å². The number of hydrogen-bond acceptors (Lipinski definition) is 5. The van der Waals surface area contributed by atoms with Crippen LogP contribution >= 0.6 is 50.6 Å². The second kappa shape index (κ2) is 8.19. The molecule has 118 valence electrons. The van der Waals surface area contributed by atoms with Gasteiger partial charge in [-0.15, -0.1) is 11.3 Å². The number of ether oxygens (including phenoxy) is 1. The summed E-state index contributed by atoms with van der Waals surface area (Å²) in [4.78, 5) is 16.3. The first-order chi connectivity index (χ1) is 10.5. The van der Waals surface area contributed by atoms with E-state index in [4.69, 9.17) is 22.1 Å². The number of rotatable bonds is 7. The Morgan fingerprint density at radius 1 is 1.55 bits per heavy atom. The lowest BCUT2D eigenvalue weighted by Crippen LogP contribution is -2.13. The molecular formula is C14H14BrClN2O2S2. The van der Waals surface area contributed by atoms with E-state index in [-0.39, 0.29) is 12.3 Å². The lowest BCUT2D eigenvalue weighted by atomic mass is 10.3. The quantitative estimate of drug-likeness (QED) is 0.541. The number of hydrogen-bond donors (Lipinski definition) is 1. The molecule has 0 saturated carbocycles. The van der Waals surface area contributed by atoms with Crippen molar-refractivity contribution in [3.63, 3.8) is 0 Å². The predicted octanol–water partition coefficient (Wildman–Crippen LogP) is 4.07. The van der Waals surface area contributed by atoms with Crippen LogP contribution in [-0.4, -0.2) is 23.3 Å². The summed E-state index contributed by atoms with van der Waals surface area (Å²) >= 11 is 12.4. The molecule has 0 aliphatic heterocycles. The van der Waals surface area contributed by atoms with E-state index >= 15 is 0 Å². The Hall–Kier alpha value is -0.760. The van der Waals surface area contributed by atoms with Gasteiger partial charge in [0.25, 0.3) is 0 Å². The van der Waals surface area contributed by atoms with E-state index in [2.05, 4.69) is 20.9 Å². The van der Waals surface area contributed by atoms with Crippen molar-refractivity contribution in [2.24, 2.45) is 5.73 Å². The summed E-state index contributed by atoms with van der Waals surface area (Å²) in [5.41, 5.74) is 6.08. The summed E-state index contributed by atoms with van der Waals surface area (Å²) in [6, 6.07) is 5.41. The predicted molar refractivity (Wildman–Crippen MR) is 95.1 cm³/mol. The summed E-state index contributed by atoms with van der Waals surface area (Å²) in [6.45, 7) is 2.44. The van der Waals surface area contributed by atoms with Gasteiger partial charge in [-0.05, 0) is 41.1 Å². The Morgan fingerprint density at radius 3 is 3.00 bits per heavy atom. The normalized spacial score (nSPS) is 10.7. The first kappa shape index (κ1) is 17.6. The van der Waals surface area contributed by atoms with Crippen LogP contribution in [-0.2, 0) is 11.2 Å². The van der Waals surface area contributed by atoms with Gasteiger partial charge < -0.3 is 10.5 Å². The molecule has 0 aliphatic carbocycles. The van der Waals surface area contributed by atoms with Crippen LogP contribution in [0.1, 0.15) is 10.6 Å². The van der Waals surface area contributed by atoms with Gasteiger partial charge in [0.05, 0.1) is 23.2 Å². The fraction of sp³-hybridized carbons (Fsp3) is 0.286. The van der Waals surface area contributed by atoms with Crippen molar-refractivity contribution in [3.05, 3.63) is 38.3 Å². The Kier molecular flexibility index (Phi) is 6.55. The molecule has 2 aromatic rings. The number of nitrogens with two attached hydrogens (primary N) is 1. The van der Waals surface area contributed by atoms with E-state index in [1.165, 1.54) is 11.3 Å². The van der Waals surface area contributed by atoms with E-state index in [1.54, 1.807) is 23.9 Å². The van der Waals surface area contributed by atoms with Gasteiger partial charge >= 0.3 is 0 Å². The highest BCUT2D eigenvalue weighted by Crippen LogP contribution is 2.30. The molecule has 0 atom stereocenters. The van der Waals surface area contributed by atoms with E-state index < -0.39 is 0 Å². The number of carbonyl (C=O) groups excluding carboxylic acids is 1. The highest BCUT2D eigenvalue weighted by molar-refractivity contribution is 9.10. The van der Waals surface area contributed by atoms with E-state index in [9.17, 15) is 4.79 Å². The fourth-order valence-corrected chi connectivity index (χ4v) is 4.59. The third kappa shape index (κ3) is 5.15. The zero-order valence-corrected chi connectivity index (χ0v) is 15.7. The molecule has 2 N–H and O–H groups in total. The van der Waals surface area contributed by atoms with Gasteiger partial charge in [-0.3, -0.25) is 4.79 Å². The molecule has 0 bridgehead atoms. The summed E-state index contributed by atoms with van der Waals surface area (Å²) in [7, 11) is 0. The second-order valence-electron chi connectivity index (χ2n) is 4.40. The molecule has 0 unspecified atom stereocenters. The Bertz CT molecular complexity index is 679. The highest BCUT2D eigenvalue weighted by Gasteiger charge is 2.10. The van der Waals surface area contributed by atoms with Crippen LogP contribution in [0.4, 0.5) is 0 Å². The number of aromatic nitrogens is 1. The van der Waals surface area contributed by atoms with Crippen LogP contribution in [0.5, 0.6) is 5.75 Å². The minimum atomic E-state index is -0.334. The Balaban J connectivity index is 1.82. The minimum absolute atomic E-state index is 0.248. The van der Waals surface area contributed by atoms with Crippen LogP contribution in [0.2, 0.25) is 5.02 Å². The van der Waals surface area contributed by atoms with Crippen molar-refractivity contribution in [3.8, 4) is 5.75 Å². The number of primary amides is 1. The van der Waals surface area contributed by atoms with Gasteiger partial charge in [-0.25, -0.2) is 4.98 Å². The Labute approximate surface area is 150 Å². The standard InChI is InChI=1S/C14H14BrClN2O2S2/c1-8-12(7-13(17)19)22-14(18-8)21-5-4-20-11-3-2-9(16)6-10(11)15/h2-3,6H,4-5,7H2,1H3,(H2,17,19). The molecule has 1 aromatic carbocycles. The molecule has 4 nitrogen and oxygen atoms in total. The van der Waals surface area contributed by atoms with E-state index in [0.29, 0.717) is 11.6 Å². The summed E-state index contributed by atoms with van der Waals surface area (Å²) < 4.78 is 7.45. The minimum Gasteiger partial charge on any atom is -0.492 e. The number of thiazole rings is 1. The van der Waals surface area contributed by atoms with Crippen LogP contribution in [0, 0.1) is 6.92 Å². The van der Waals surface area contributed by atoms with Gasteiger partial charge in [0.2, 0.25) is 5.91 Å². The highest BCUT2D eigenvalue weighted by atomic mass is 79.9. The lowest BCUT2D eigenvalue weighted by molar-refractivity contribution is -0.117. The molecule has 1 aromatic heterocycles. The number of carbonyl (C=O) groups is 1. The Morgan fingerprint density at radius 2 is 2.32 bits per heavy atom. The van der Waals surface area contributed by atoms with Crippen LogP contribution in [0.15, 0.2) is 27.0 Å². The topological polar surface area (TPSA) is 65.2 Å². The molecular weight excluding hydrogens is 408 g/mol. The molecule has 0 aliphatic rings. The number of halogens is 2. The van der Waals surface area contributed by atoms with Gasteiger partial charge in [0, 0.05) is 15.7 Å². The van der Waals surface area contributed by atoms with Crippen molar-refractivity contribution < 1.29 is 9.53 Å². The van der Waals surface area contributed by atoms with Gasteiger partial charge in [-0.1, -0.05) is 23.4 Å². The molecule has 1 amide bonds. The molecule has 0 fully saturated rings. The van der Waals surface area contributed by atoms with Gasteiger partial charge in [-0.2, -0.15) is 0 Å². The maximum Gasteiger partial charge on any atom is 0.222 e. The molecule has 22 heavy (non-hydrogen) atoms. The average molecular weight is 422 g/mol. The van der Waals surface area contributed by atoms with Gasteiger partial charge in [0.1, 0.15) is 5.75 Å². The zero-order valence-electron chi connectivity index (χ0n) is 11.8. The molecule has 0 saturated heterocycles. The number of aryl methyl sites for hydroxylation is 1. The molecule has 1 heterocycles. The number of benzene rings is 1. The number of amides is 1. The number of thioether (sulfide) groups is 1. The first-order valence-electron chi connectivity index (χ1n) is 6.41. The molecule has 8 heteroatoms. The average Bonchev–Trinajstić information content (AvgIpc) is 2.76. The smallest absolute Gasteiger partial charge is 0.222 e. The van der Waals surface area contributed by atoms with E-state index in [0.717, 1.165) is 30.9 Å². The molecule has 2 rings (SSSR count). The third-order valence-corrected chi connectivity index (χ3v) is 5.79. The SMILES string of the molecule is Cc1nc(SCCOc2ccc(Cl)cc2Br)sc1CC(N)=O. The van der Waals surface area contributed by atoms with Crippen molar-refractivity contribution >= 4 is 56.5 Å². The summed E-state index contributed by atoms with van der Waals surface area (Å²) in [6.07, 6.45) is 0.248. The monoisotopic (exact) mass is 420 g/mol. The van der Waals surface area contributed by atoms with Crippen molar-refractivity contribution in [2.75, 3.05) is 12.4 Å². The maximum absolute atomic E-state index is 11.0. The van der Waals surface area contributed by atoms with Crippen molar-refractivity contribution in [1.29, 1.82) is 0 Å². The van der Waals surface area contributed by atoms with Gasteiger partial charge in [0.15, 0.2) is 4.34 Å². The third-order valence-electron chi connectivity index (χ3n) is 2.67. The number of nitrogens with zero attached hydrogens (tertiary/aromatic N) is 1. The molecule has 0 radical (unpaired) electrons. The van der Waals surface area contributed by atoms with Crippen LogP contribution in [0.3, 0.4) is 0 Å². The van der Waals surface area contributed by atoms with Crippen LogP contribution < -0.4 is 10.5 Å². The summed E-state index contributed by atoms with van der Waals surface area (Å²) in [5, 5.41) is 0.661. The summed E-state index contributed by atoms with van der Waals surface area (Å²) in [5.74, 6) is 1.19. The maximum atomic E-state index is 11.0. The first-order valence-corrected chi connectivity index (χ1v) is 9.38. The van der Waals surface area contributed by atoms with Crippen LogP contribution in [0.25, 0.3) is 0 Å². The second-order valence-corrected chi connectivity index (χ2v) is 8.12. The zero-order chi connectivity index (χ0) is 16.1.